The number of ether oxygens (including phenoxy) is 2. The maximum Gasteiger partial charge on any atom is 0.408 e. The molecule has 0 aromatic heterocycles. The lowest BCUT2D eigenvalue weighted by Gasteiger charge is -2.27. The number of hydrogen-bond donors (Lipinski definition) is 2. The molecule has 152 valence electrons. The van der Waals surface area contributed by atoms with Gasteiger partial charge in [-0.05, 0) is 54.4 Å². The van der Waals surface area contributed by atoms with Crippen molar-refractivity contribution in [3.05, 3.63) is 0 Å². The first-order valence-electron chi connectivity index (χ1n) is 9.02. The van der Waals surface area contributed by atoms with Gasteiger partial charge in [0.15, 0.2) is 5.78 Å². The van der Waals surface area contributed by atoms with Crippen LogP contribution in [0.15, 0.2) is 0 Å². The van der Waals surface area contributed by atoms with Crippen LogP contribution in [-0.4, -0.2) is 41.8 Å². The van der Waals surface area contributed by atoms with Crippen LogP contribution in [0.1, 0.15) is 75.2 Å². The number of carbonyl (C=O) groups excluding carboxylic acids is 3. The van der Waals surface area contributed by atoms with Crippen LogP contribution in [0.25, 0.3) is 0 Å². The molecule has 0 heterocycles. The van der Waals surface area contributed by atoms with Crippen molar-refractivity contribution in [2.24, 2.45) is 5.41 Å². The lowest BCUT2D eigenvalue weighted by molar-refractivity contribution is -0.128. The molecular formula is C19H36N2O5. The van der Waals surface area contributed by atoms with Crippen LogP contribution >= 0.6 is 0 Å². The van der Waals surface area contributed by atoms with Crippen LogP contribution in [0.5, 0.6) is 0 Å². The normalized spacial score (nSPS) is 13.6. The fourth-order valence-electron chi connectivity index (χ4n) is 2.05. The van der Waals surface area contributed by atoms with E-state index >= 15 is 0 Å². The van der Waals surface area contributed by atoms with Crippen molar-refractivity contribution in [3.8, 4) is 0 Å². The van der Waals surface area contributed by atoms with Crippen LogP contribution in [0.3, 0.4) is 0 Å². The molecule has 0 saturated carbocycles. The predicted octanol–water partition coefficient (Wildman–Crippen LogP) is 3.80. The Morgan fingerprint density at radius 3 is 1.69 bits per heavy atom. The highest BCUT2D eigenvalue weighted by atomic mass is 16.6. The molecule has 7 heteroatoms. The van der Waals surface area contributed by atoms with E-state index in [0.717, 1.165) is 0 Å². The molecule has 0 saturated heterocycles. The molecule has 0 aliphatic rings. The van der Waals surface area contributed by atoms with Gasteiger partial charge in [0.05, 0.1) is 6.04 Å². The zero-order chi connectivity index (χ0) is 20.8. The summed E-state index contributed by atoms with van der Waals surface area (Å²) in [7, 11) is 0. The fourth-order valence-corrected chi connectivity index (χ4v) is 2.05. The fraction of sp³-hybridized carbons (Fsp3) is 0.842. The first kappa shape index (κ1) is 24.2. The molecule has 0 fully saturated rings. The van der Waals surface area contributed by atoms with Crippen LogP contribution in [0.2, 0.25) is 0 Å². The summed E-state index contributed by atoms with van der Waals surface area (Å²) >= 11 is 0. The van der Waals surface area contributed by atoms with Crippen molar-refractivity contribution >= 4 is 18.0 Å². The second kappa shape index (κ2) is 9.24. The van der Waals surface area contributed by atoms with Crippen molar-refractivity contribution in [2.45, 2.75) is 92.4 Å². The average Bonchev–Trinajstić information content (AvgIpc) is 2.36. The minimum atomic E-state index is -0.676. The Bertz CT molecular complexity index is 496. The molecule has 0 bridgehead atoms. The molecule has 0 aliphatic heterocycles. The average molecular weight is 373 g/mol. The van der Waals surface area contributed by atoms with Gasteiger partial charge >= 0.3 is 12.2 Å². The molecule has 0 rings (SSSR count). The summed E-state index contributed by atoms with van der Waals surface area (Å²) in [5.74, 6) is -0.0828. The molecule has 7 nitrogen and oxygen atoms in total. The van der Waals surface area contributed by atoms with Gasteiger partial charge in [-0.1, -0.05) is 20.8 Å². The van der Waals surface area contributed by atoms with E-state index in [0.29, 0.717) is 19.4 Å². The third kappa shape index (κ3) is 11.7. The largest absolute Gasteiger partial charge is 0.444 e. The zero-order valence-electron chi connectivity index (χ0n) is 17.7. The van der Waals surface area contributed by atoms with Gasteiger partial charge in [0, 0.05) is 12.0 Å². The molecule has 1 atom stereocenters. The first-order chi connectivity index (χ1) is 11.5. The Morgan fingerprint density at radius 2 is 1.27 bits per heavy atom. The predicted molar refractivity (Wildman–Crippen MR) is 101 cm³/mol. The molecule has 0 aromatic rings. The summed E-state index contributed by atoms with van der Waals surface area (Å²) in [6, 6.07) is -0.676. The maximum absolute atomic E-state index is 12.6. The highest BCUT2D eigenvalue weighted by molar-refractivity contribution is 5.91. The van der Waals surface area contributed by atoms with E-state index in [-0.39, 0.29) is 5.78 Å². The Kier molecular flexibility index (Phi) is 8.60. The van der Waals surface area contributed by atoms with Gasteiger partial charge in [0.1, 0.15) is 11.2 Å². The number of rotatable bonds is 6. The number of nitrogens with one attached hydrogen (secondary N) is 2. The highest BCUT2D eigenvalue weighted by Crippen LogP contribution is 2.19. The summed E-state index contributed by atoms with van der Waals surface area (Å²) < 4.78 is 10.4. The summed E-state index contributed by atoms with van der Waals surface area (Å²) in [6.45, 7) is 16.4. The number of carbonyl (C=O) groups is 3. The Labute approximate surface area is 157 Å². The minimum absolute atomic E-state index is 0.0828. The van der Waals surface area contributed by atoms with Gasteiger partial charge < -0.3 is 20.1 Å². The third-order valence-corrected chi connectivity index (χ3v) is 3.08. The van der Waals surface area contributed by atoms with Crippen LogP contribution < -0.4 is 10.6 Å². The van der Waals surface area contributed by atoms with Crippen molar-refractivity contribution in [2.75, 3.05) is 6.54 Å². The third-order valence-electron chi connectivity index (χ3n) is 3.08. The summed E-state index contributed by atoms with van der Waals surface area (Å²) in [5.41, 5.74) is -1.80. The SMILES string of the molecule is CC(C)(C)OC(=O)NCCC[C@H](NC(=O)OC(C)(C)C)C(=O)C(C)(C)C. The molecular weight excluding hydrogens is 336 g/mol. The molecule has 26 heavy (non-hydrogen) atoms. The van der Waals surface area contributed by atoms with Gasteiger partial charge in [-0.15, -0.1) is 0 Å². The monoisotopic (exact) mass is 372 g/mol. The lowest BCUT2D eigenvalue weighted by Crippen LogP contribution is -2.47. The lowest BCUT2D eigenvalue weighted by atomic mass is 9.85. The quantitative estimate of drug-likeness (QED) is 0.692. The molecule has 2 N–H and O–H groups in total. The number of ketones is 1. The van der Waals surface area contributed by atoms with E-state index < -0.39 is 34.8 Å². The van der Waals surface area contributed by atoms with E-state index in [9.17, 15) is 14.4 Å². The maximum atomic E-state index is 12.6. The topological polar surface area (TPSA) is 93.7 Å². The molecule has 2 amide bonds. The molecule has 0 spiro atoms. The number of alkyl carbamates (subject to hydrolysis) is 2. The summed E-state index contributed by atoms with van der Waals surface area (Å²) in [6.07, 6.45) is -0.219. The zero-order valence-corrected chi connectivity index (χ0v) is 17.7. The van der Waals surface area contributed by atoms with Crippen molar-refractivity contribution in [1.82, 2.24) is 10.6 Å². The van der Waals surface area contributed by atoms with E-state index in [1.165, 1.54) is 0 Å². The number of amides is 2. The first-order valence-corrected chi connectivity index (χ1v) is 9.02. The van der Waals surface area contributed by atoms with Crippen molar-refractivity contribution < 1.29 is 23.9 Å². The second-order valence-electron chi connectivity index (χ2n) is 9.38. The highest BCUT2D eigenvalue weighted by Gasteiger charge is 2.31. The standard InChI is InChI=1S/C19H36N2O5/c1-17(2,3)14(22)13(21-16(24)26-19(7,8)9)11-10-12-20-15(23)25-18(4,5)6/h13H,10-12H2,1-9H3,(H,20,23)(H,21,24)/t13-/m0/s1. The number of hydrogen-bond acceptors (Lipinski definition) is 5. The van der Waals surface area contributed by atoms with Gasteiger partial charge in [-0.25, -0.2) is 9.59 Å². The van der Waals surface area contributed by atoms with E-state index in [1.807, 2.05) is 0 Å². The summed E-state index contributed by atoms with van der Waals surface area (Å²) in [4.78, 5) is 36.3. The smallest absolute Gasteiger partial charge is 0.408 e. The van der Waals surface area contributed by atoms with Gasteiger partial charge in [0.2, 0.25) is 0 Å². The van der Waals surface area contributed by atoms with E-state index in [4.69, 9.17) is 9.47 Å². The minimum Gasteiger partial charge on any atom is -0.444 e. The van der Waals surface area contributed by atoms with Crippen LogP contribution in [-0.2, 0) is 14.3 Å². The Hall–Kier alpha value is -1.79. The van der Waals surface area contributed by atoms with Crippen LogP contribution in [0.4, 0.5) is 9.59 Å². The summed E-state index contributed by atoms with van der Waals surface area (Å²) in [5, 5.41) is 5.30. The molecule has 0 aliphatic carbocycles. The molecule has 0 unspecified atom stereocenters. The van der Waals surface area contributed by atoms with E-state index in [1.54, 1.807) is 62.3 Å². The molecule has 0 radical (unpaired) electrons. The van der Waals surface area contributed by atoms with Gasteiger partial charge in [-0.2, -0.15) is 0 Å². The second-order valence-corrected chi connectivity index (χ2v) is 9.38. The molecule has 0 aromatic carbocycles. The Morgan fingerprint density at radius 1 is 0.808 bits per heavy atom. The van der Waals surface area contributed by atoms with Crippen molar-refractivity contribution in [1.29, 1.82) is 0 Å². The van der Waals surface area contributed by atoms with Crippen LogP contribution in [0, 0.1) is 5.41 Å². The van der Waals surface area contributed by atoms with Crippen molar-refractivity contribution in [3.63, 3.8) is 0 Å². The number of Topliss-reactive ketones (excluding diaryl/α,β-unsaturated/α-hetero) is 1. The van der Waals surface area contributed by atoms with E-state index in [2.05, 4.69) is 10.6 Å². The van der Waals surface area contributed by atoms with Gasteiger partial charge in [0.25, 0.3) is 0 Å². The Balaban J connectivity index is 4.67. The van der Waals surface area contributed by atoms with Gasteiger partial charge in [-0.3, -0.25) is 4.79 Å².